The van der Waals surface area contributed by atoms with E-state index in [1.807, 2.05) is 30.3 Å². The smallest absolute Gasteiger partial charge is 0.145 e. The number of hydrogen-bond acceptors (Lipinski definition) is 0. The Bertz CT molecular complexity index is 223. The second-order valence-electron chi connectivity index (χ2n) is 2.42. The molecule has 0 aromatic heterocycles. The Hall–Kier alpha value is 0.234. The van der Waals surface area contributed by atoms with Crippen molar-refractivity contribution >= 4 is 42.6 Å². The number of halogens is 2. The van der Waals surface area contributed by atoms with Gasteiger partial charge < -0.3 is 0 Å². The molecule has 0 aliphatic rings. The molecule has 0 bridgehead atoms. The molecule has 0 saturated heterocycles. The zero-order valence-electron chi connectivity index (χ0n) is 6.35. The zero-order chi connectivity index (χ0) is 8.32. The lowest BCUT2D eigenvalue weighted by molar-refractivity contribution is 1.77. The lowest BCUT2D eigenvalue weighted by Gasteiger charge is -2.13. The summed E-state index contributed by atoms with van der Waals surface area (Å²) in [5.41, 5.74) is 0. The molecule has 0 saturated carbocycles. The summed E-state index contributed by atoms with van der Waals surface area (Å²) < 4.78 is 0. The van der Waals surface area contributed by atoms with Crippen LogP contribution in [0.25, 0.3) is 0 Å². The van der Waals surface area contributed by atoms with Gasteiger partial charge in [-0.25, -0.2) is 0 Å². The molecule has 0 nitrogen and oxygen atoms in total. The number of hydrogen-bond donors (Lipinski definition) is 0. The first-order chi connectivity index (χ1) is 5.17. The first kappa shape index (κ1) is 9.32. The molecule has 0 fully saturated rings. The molecule has 1 aromatic rings. The van der Waals surface area contributed by atoms with Gasteiger partial charge in [-0.05, 0) is 5.19 Å². The monoisotopic (exact) mass is 220 g/mol. The summed E-state index contributed by atoms with van der Waals surface area (Å²) in [6.45, 7) is 2.17. The Balaban J connectivity index is 2.93. The topological polar surface area (TPSA) is 0 Å². The lowest BCUT2D eigenvalue weighted by Crippen LogP contribution is -2.41. The van der Waals surface area contributed by atoms with Crippen LogP contribution in [-0.2, 0) is 0 Å². The van der Waals surface area contributed by atoms with Crippen molar-refractivity contribution < 1.29 is 0 Å². The van der Waals surface area contributed by atoms with Crippen LogP contribution in [0.5, 0.6) is 0 Å². The SMILES string of the molecule is C[SiH2][Si](Cl)(Cl)c1ccccc1. The van der Waals surface area contributed by atoms with Gasteiger partial charge in [0.1, 0.15) is 0 Å². The predicted molar refractivity (Wildman–Crippen MR) is 57.9 cm³/mol. The number of benzene rings is 1. The van der Waals surface area contributed by atoms with Crippen LogP contribution >= 0.6 is 22.2 Å². The van der Waals surface area contributed by atoms with Crippen molar-refractivity contribution in [3.8, 4) is 0 Å². The molecule has 0 aliphatic carbocycles. The minimum atomic E-state index is -1.97. The van der Waals surface area contributed by atoms with Crippen LogP contribution in [0.3, 0.4) is 0 Å². The Labute approximate surface area is 79.6 Å². The van der Waals surface area contributed by atoms with Gasteiger partial charge in [-0.3, -0.25) is 0 Å². The average Bonchev–Trinajstić information content (AvgIpc) is 2.06. The highest BCUT2D eigenvalue weighted by molar-refractivity contribution is 7.71. The third-order valence-corrected chi connectivity index (χ3v) is 13.7. The van der Waals surface area contributed by atoms with Crippen LogP contribution < -0.4 is 5.19 Å². The van der Waals surface area contributed by atoms with E-state index in [0.29, 0.717) is 0 Å². The van der Waals surface area contributed by atoms with E-state index in [9.17, 15) is 0 Å². The van der Waals surface area contributed by atoms with E-state index in [2.05, 4.69) is 6.55 Å². The molecule has 0 aliphatic heterocycles. The predicted octanol–water partition coefficient (Wildman–Crippen LogP) is 1.53. The highest BCUT2D eigenvalue weighted by Crippen LogP contribution is 2.12. The second kappa shape index (κ2) is 3.76. The molecule has 0 heterocycles. The van der Waals surface area contributed by atoms with Gasteiger partial charge in [-0.15, -0.1) is 22.2 Å². The van der Waals surface area contributed by atoms with Gasteiger partial charge in [0.15, 0.2) is 0 Å². The van der Waals surface area contributed by atoms with Crippen molar-refractivity contribution in [3.05, 3.63) is 30.3 Å². The Morgan fingerprint density at radius 1 is 1.18 bits per heavy atom. The van der Waals surface area contributed by atoms with E-state index >= 15 is 0 Å². The molecule has 0 radical (unpaired) electrons. The fourth-order valence-electron chi connectivity index (χ4n) is 0.886. The highest BCUT2D eigenvalue weighted by Gasteiger charge is 2.27. The molecule has 60 valence electrons. The molecule has 4 heteroatoms. The standard InChI is InChI=1S/C7H10Cl2Si2/c1-10-11(8,9)7-5-3-2-4-6-7/h2-6H,10H2,1H3. The van der Waals surface area contributed by atoms with Crippen molar-refractivity contribution in [3.63, 3.8) is 0 Å². The van der Waals surface area contributed by atoms with Gasteiger partial charge in [-0.2, -0.15) is 0 Å². The molecule has 0 N–H and O–H groups in total. The van der Waals surface area contributed by atoms with E-state index in [-0.39, 0.29) is 9.04 Å². The minimum Gasteiger partial charge on any atom is -0.145 e. The maximum atomic E-state index is 6.21. The lowest BCUT2D eigenvalue weighted by atomic mass is 10.4. The Morgan fingerprint density at radius 2 is 1.73 bits per heavy atom. The first-order valence-corrected chi connectivity index (χ1v) is 11.4. The fraction of sp³-hybridized carbons (Fsp3) is 0.143. The summed E-state index contributed by atoms with van der Waals surface area (Å²) in [7, 11) is -0.287. The van der Waals surface area contributed by atoms with Crippen LogP contribution in [0.15, 0.2) is 30.3 Å². The molecule has 0 unspecified atom stereocenters. The van der Waals surface area contributed by atoms with Gasteiger partial charge in [0, 0.05) is 0 Å². The normalized spacial score (nSPS) is 12.6. The van der Waals surface area contributed by atoms with E-state index < -0.39 is 6.21 Å². The molecular formula is C7H10Cl2Si2. The van der Waals surface area contributed by atoms with E-state index in [4.69, 9.17) is 22.2 Å². The van der Waals surface area contributed by atoms with Gasteiger partial charge in [0.05, 0.1) is 9.04 Å². The summed E-state index contributed by atoms with van der Waals surface area (Å²) in [5.74, 6) is 0. The second-order valence-corrected chi connectivity index (χ2v) is 17.6. The van der Waals surface area contributed by atoms with E-state index in [0.717, 1.165) is 5.19 Å². The van der Waals surface area contributed by atoms with Crippen molar-refractivity contribution in [1.82, 2.24) is 0 Å². The van der Waals surface area contributed by atoms with Crippen LogP contribution in [0.1, 0.15) is 0 Å². The van der Waals surface area contributed by atoms with Crippen molar-refractivity contribution in [1.29, 1.82) is 0 Å². The highest BCUT2D eigenvalue weighted by atomic mass is 35.7. The molecule has 0 spiro atoms. The van der Waals surface area contributed by atoms with Crippen molar-refractivity contribution in [2.75, 3.05) is 0 Å². The van der Waals surface area contributed by atoms with E-state index in [1.165, 1.54) is 0 Å². The summed E-state index contributed by atoms with van der Waals surface area (Å²) >= 11 is 12.4. The maximum Gasteiger partial charge on any atom is 0.259 e. The van der Waals surface area contributed by atoms with E-state index in [1.54, 1.807) is 0 Å². The van der Waals surface area contributed by atoms with Crippen LogP contribution in [0.2, 0.25) is 6.55 Å². The number of rotatable bonds is 2. The Kier molecular flexibility index (Phi) is 3.19. The molecular weight excluding hydrogens is 211 g/mol. The maximum absolute atomic E-state index is 6.21. The summed E-state index contributed by atoms with van der Waals surface area (Å²) in [6.07, 6.45) is -1.97. The third kappa shape index (κ3) is 2.34. The zero-order valence-corrected chi connectivity index (χ0v) is 10.3. The van der Waals surface area contributed by atoms with Crippen LogP contribution in [0.4, 0.5) is 0 Å². The third-order valence-electron chi connectivity index (χ3n) is 1.64. The molecule has 11 heavy (non-hydrogen) atoms. The molecule has 0 amide bonds. The summed E-state index contributed by atoms with van der Waals surface area (Å²) in [6, 6.07) is 10.0. The molecule has 0 atom stereocenters. The minimum absolute atomic E-state index is 0.287. The van der Waals surface area contributed by atoms with Crippen LogP contribution in [0, 0.1) is 0 Å². The fourth-order valence-corrected chi connectivity index (χ4v) is 4.66. The first-order valence-electron chi connectivity index (χ1n) is 3.60. The average molecular weight is 221 g/mol. The largest absolute Gasteiger partial charge is 0.259 e. The van der Waals surface area contributed by atoms with Crippen molar-refractivity contribution in [2.45, 2.75) is 6.55 Å². The van der Waals surface area contributed by atoms with Crippen molar-refractivity contribution in [2.24, 2.45) is 0 Å². The quantitative estimate of drug-likeness (QED) is 0.525. The van der Waals surface area contributed by atoms with Gasteiger partial charge in [0.2, 0.25) is 0 Å². The summed E-state index contributed by atoms with van der Waals surface area (Å²) in [5, 5.41) is 1.16. The van der Waals surface area contributed by atoms with Gasteiger partial charge in [-0.1, -0.05) is 36.9 Å². The van der Waals surface area contributed by atoms with Gasteiger partial charge >= 0.3 is 0 Å². The Morgan fingerprint density at radius 3 is 2.18 bits per heavy atom. The summed E-state index contributed by atoms with van der Waals surface area (Å²) in [4.78, 5) is 0. The molecule has 1 rings (SSSR count). The molecule has 1 aromatic carbocycles. The van der Waals surface area contributed by atoms with Crippen LogP contribution in [-0.4, -0.2) is 15.2 Å². The van der Waals surface area contributed by atoms with Gasteiger partial charge in [0.25, 0.3) is 6.21 Å².